The average Bonchev–Trinajstić information content (AvgIpc) is 2.87. The summed E-state index contributed by atoms with van der Waals surface area (Å²) in [5, 5.41) is 6.56. The minimum atomic E-state index is 0.883. The van der Waals surface area contributed by atoms with Crippen molar-refractivity contribution in [3.8, 4) is 44.8 Å². The zero-order valence-corrected chi connectivity index (χ0v) is 45.4. The van der Waals surface area contributed by atoms with Crippen molar-refractivity contribution in [2.75, 3.05) is 9.80 Å². The fourth-order valence-electron chi connectivity index (χ4n) is 12.5. The fraction of sp³-hybridized carbons (Fsp3) is 0. The third-order valence-corrected chi connectivity index (χ3v) is 16.3. The number of aromatic nitrogens is 6. The van der Waals surface area contributed by atoms with Gasteiger partial charge < -0.3 is 18.9 Å². The largest absolute Gasteiger partial charge is 0.310 e. The number of fused-ring (bicyclic) bond motifs is 9. The highest BCUT2D eigenvalue weighted by molar-refractivity contribution is 6.12. The summed E-state index contributed by atoms with van der Waals surface area (Å²) in [6.07, 6.45) is 11.5. The molecule has 0 aliphatic rings. The predicted molar refractivity (Wildman–Crippen MR) is 347 cm³/mol. The summed E-state index contributed by atoms with van der Waals surface area (Å²) in [4.78, 5) is 23.6. The second-order valence-corrected chi connectivity index (χ2v) is 21.2. The van der Waals surface area contributed by atoms with Crippen LogP contribution in [0.5, 0.6) is 0 Å². The summed E-state index contributed by atoms with van der Waals surface area (Å²) in [6, 6.07) is 95.5. The van der Waals surface area contributed by atoms with Crippen molar-refractivity contribution in [3.63, 3.8) is 0 Å². The number of nitrogens with zero attached hydrogens (tertiary/aromatic N) is 8. The molecule has 0 amide bonds. The van der Waals surface area contributed by atoms with E-state index in [2.05, 4.69) is 290 Å². The zero-order valence-electron chi connectivity index (χ0n) is 45.4. The first-order chi connectivity index (χ1) is 41.7. The highest BCUT2D eigenvalue weighted by Gasteiger charge is 2.21. The highest BCUT2D eigenvalue weighted by atomic mass is 15.1. The molecular weight excluding hydrogens is 1020 g/mol. The van der Waals surface area contributed by atoms with Crippen molar-refractivity contribution >= 4 is 99.5 Å². The molecule has 10 aromatic carbocycles. The second kappa shape index (κ2) is 20.3. The van der Waals surface area contributed by atoms with Gasteiger partial charge in [0, 0.05) is 115 Å². The SMILES string of the molecule is c1ccc(N(c2ccccc2)c2ccc3c(c2)c2cnccc2n3-c2ccc(-c3cc(-c4ccc(-n5c6ccncc6c6cc(N(c7ccccc7)c7ccccc7)ccc65)cc4)cc(-c4ccnc5c4ccc4cccnc45)c3)cc2)cc1. The molecule has 0 atom stereocenters. The van der Waals surface area contributed by atoms with E-state index in [4.69, 9.17) is 9.97 Å². The molecule has 84 heavy (non-hydrogen) atoms. The molecule has 0 N–H and O–H groups in total. The Balaban J connectivity index is 0.802. The van der Waals surface area contributed by atoms with Crippen molar-refractivity contribution in [2.45, 2.75) is 0 Å². The van der Waals surface area contributed by atoms with Crippen molar-refractivity contribution in [2.24, 2.45) is 0 Å². The lowest BCUT2D eigenvalue weighted by atomic mass is 9.92. The predicted octanol–water partition coefficient (Wildman–Crippen LogP) is 19.7. The van der Waals surface area contributed by atoms with Crippen molar-refractivity contribution in [1.82, 2.24) is 29.1 Å². The van der Waals surface area contributed by atoms with E-state index >= 15 is 0 Å². The Morgan fingerprint density at radius 1 is 0.262 bits per heavy atom. The number of hydrogen-bond donors (Lipinski definition) is 0. The number of pyridine rings is 4. The lowest BCUT2D eigenvalue weighted by molar-refractivity contribution is 1.17. The van der Waals surface area contributed by atoms with Gasteiger partial charge in [-0.3, -0.25) is 19.9 Å². The topological polar surface area (TPSA) is 67.9 Å². The van der Waals surface area contributed by atoms with Gasteiger partial charge in [-0.25, -0.2) is 0 Å². The van der Waals surface area contributed by atoms with Gasteiger partial charge in [-0.2, -0.15) is 0 Å². The molecule has 0 unspecified atom stereocenters. The molecule has 0 aliphatic carbocycles. The van der Waals surface area contributed by atoms with Gasteiger partial charge in [0.1, 0.15) is 0 Å². The first-order valence-corrected chi connectivity index (χ1v) is 28.2. The van der Waals surface area contributed by atoms with Crippen LogP contribution in [0.2, 0.25) is 0 Å². The van der Waals surface area contributed by atoms with Gasteiger partial charge in [-0.15, -0.1) is 0 Å². The van der Waals surface area contributed by atoms with Crippen LogP contribution in [0.4, 0.5) is 34.1 Å². The van der Waals surface area contributed by atoms with Crippen LogP contribution in [0.15, 0.2) is 304 Å². The molecule has 0 saturated carbocycles. The lowest BCUT2D eigenvalue weighted by Gasteiger charge is -2.25. The van der Waals surface area contributed by atoms with Gasteiger partial charge >= 0.3 is 0 Å². The molecule has 16 aromatic rings. The number of anilines is 6. The Bertz CT molecular complexity index is 4780. The average molecular weight is 1080 g/mol. The first-order valence-electron chi connectivity index (χ1n) is 28.2. The van der Waals surface area contributed by atoms with Gasteiger partial charge in [0.15, 0.2) is 0 Å². The molecule has 394 valence electrons. The van der Waals surface area contributed by atoms with E-state index in [0.29, 0.717) is 0 Å². The van der Waals surface area contributed by atoms with E-state index in [1.54, 1.807) is 0 Å². The number of para-hydroxylation sites is 4. The zero-order chi connectivity index (χ0) is 55.5. The third-order valence-electron chi connectivity index (χ3n) is 16.3. The fourth-order valence-corrected chi connectivity index (χ4v) is 12.5. The number of rotatable bonds is 11. The Morgan fingerprint density at radius 3 is 1.18 bits per heavy atom. The number of benzene rings is 10. The Labute approximate surface area is 484 Å². The molecule has 0 spiro atoms. The van der Waals surface area contributed by atoms with Crippen LogP contribution in [0, 0.1) is 0 Å². The molecule has 8 nitrogen and oxygen atoms in total. The lowest BCUT2D eigenvalue weighted by Crippen LogP contribution is -2.09. The standard InChI is InChI=1S/C76H50N8/c1-5-15-57(16-6-1)81(58-17-7-2-8-18-58)63-32-35-71-67(47-63)69-49-77-41-38-73(69)83(71)61-28-23-51(24-29-61)54-44-55(46-56(45-54)65-37-43-80-76-66(65)34-27-53-14-13-40-79-75(53)76)52-25-30-62(31-26-52)84-72-36-33-64(48-68(72)70-50-78-42-39-74(70)84)82(59-19-9-3-10-20-59)60-21-11-4-12-22-60/h1-50H. The second-order valence-electron chi connectivity index (χ2n) is 21.2. The number of hydrogen-bond acceptors (Lipinski definition) is 6. The van der Waals surface area contributed by atoms with Gasteiger partial charge in [-0.1, -0.05) is 115 Å². The summed E-state index contributed by atoms with van der Waals surface area (Å²) in [5.41, 5.74) is 21.4. The minimum absolute atomic E-state index is 0.883. The van der Waals surface area contributed by atoms with Crippen LogP contribution in [0.3, 0.4) is 0 Å². The molecule has 16 rings (SSSR count). The van der Waals surface area contributed by atoms with Gasteiger partial charge in [0.05, 0.1) is 33.1 Å². The van der Waals surface area contributed by atoms with Crippen LogP contribution in [0.25, 0.3) is 110 Å². The van der Waals surface area contributed by atoms with Gasteiger partial charge in [0.2, 0.25) is 0 Å². The van der Waals surface area contributed by atoms with E-state index in [-0.39, 0.29) is 0 Å². The molecule has 0 saturated heterocycles. The third kappa shape index (κ3) is 8.31. The van der Waals surface area contributed by atoms with Crippen LogP contribution in [0.1, 0.15) is 0 Å². The van der Waals surface area contributed by atoms with Crippen LogP contribution >= 0.6 is 0 Å². The Kier molecular flexibility index (Phi) is 11.7. The van der Waals surface area contributed by atoms with Gasteiger partial charge in [0.25, 0.3) is 0 Å². The first kappa shape index (κ1) is 48.4. The quantitative estimate of drug-likeness (QED) is 0.120. The van der Waals surface area contributed by atoms with Crippen LogP contribution < -0.4 is 9.80 Å². The van der Waals surface area contributed by atoms with E-state index in [1.807, 2.05) is 43.2 Å². The van der Waals surface area contributed by atoms with E-state index < -0.39 is 0 Å². The van der Waals surface area contributed by atoms with E-state index in [1.165, 1.54) is 0 Å². The monoisotopic (exact) mass is 1070 g/mol. The minimum Gasteiger partial charge on any atom is -0.310 e. The summed E-state index contributed by atoms with van der Waals surface area (Å²) in [7, 11) is 0. The Morgan fingerprint density at radius 2 is 0.702 bits per heavy atom. The van der Waals surface area contributed by atoms with Gasteiger partial charge in [-0.05, 0) is 185 Å². The maximum Gasteiger partial charge on any atom is 0.0970 e. The maximum atomic E-state index is 4.91. The van der Waals surface area contributed by atoms with Crippen LogP contribution in [-0.2, 0) is 0 Å². The summed E-state index contributed by atoms with van der Waals surface area (Å²) in [5.74, 6) is 0. The molecule has 0 fully saturated rings. The summed E-state index contributed by atoms with van der Waals surface area (Å²) in [6.45, 7) is 0. The van der Waals surface area contributed by atoms with Crippen molar-refractivity contribution in [1.29, 1.82) is 0 Å². The van der Waals surface area contributed by atoms with Crippen molar-refractivity contribution in [3.05, 3.63) is 304 Å². The highest BCUT2D eigenvalue weighted by Crippen LogP contribution is 2.43. The summed E-state index contributed by atoms with van der Waals surface area (Å²) < 4.78 is 4.72. The molecule has 8 heteroatoms. The normalized spacial score (nSPS) is 11.6. The molecular formula is C76H50N8. The molecule has 0 aliphatic heterocycles. The van der Waals surface area contributed by atoms with Crippen molar-refractivity contribution < 1.29 is 0 Å². The molecule has 6 aromatic heterocycles. The van der Waals surface area contributed by atoms with E-state index in [0.717, 1.165) is 144 Å². The van der Waals surface area contributed by atoms with Crippen LogP contribution in [-0.4, -0.2) is 29.1 Å². The molecule has 0 radical (unpaired) electrons. The smallest absolute Gasteiger partial charge is 0.0970 e. The summed E-state index contributed by atoms with van der Waals surface area (Å²) >= 11 is 0. The maximum absolute atomic E-state index is 4.91. The van der Waals surface area contributed by atoms with E-state index in [9.17, 15) is 0 Å². The Hall–Kier alpha value is -11.5. The molecule has 0 bridgehead atoms. The molecule has 6 heterocycles.